The fraction of sp³-hybridized carbons (Fsp3) is 0.923. The first-order valence-electron chi connectivity index (χ1n) is 7.48. The maximum absolute atomic E-state index is 12.6. The average Bonchev–Trinajstić information content (AvgIpc) is 2.49. The fourth-order valence-electron chi connectivity index (χ4n) is 3.10. The van der Waals surface area contributed by atoms with E-state index in [2.05, 4.69) is 16.8 Å². The zero-order valence-electron chi connectivity index (χ0n) is 12.4. The second-order valence-corrected chi connectivity index (χ2v) is 8.17. The highest BCUT2D eigenvalue weighted by Crippen LogP contribution is 2.33. The first kappa shape index (κ1) is 16.5. The van der Waals surface area contributed by atoms with Crippen LogP contribution < -0.4 is 10.5 Å². The highest BCUT2D eigenvalue weighted by Gasteiger charge is 2.43. The predicted octanol–water partition coefficient (Wildman–Crippen LogP) is 0.780. The van der Waals surface area contributed by atoms with Crippen LogP contribution in [-0.2, 0) is 14.8 Å². The summed E-state index contributed by atoms with van der Waals surface area (Å²) in [7, 11) is -3.52. The minimum absolute atomic E-state index is 0.0370. The van der Waals surface area contributed by atoms with Gasteiger partial charge in [-0.25, -0.2) is 13.1 Å². The van der Waals surface area contributed by atoms with Gasteiger partial charge in [-0.05, 0) is 44.4 Å². The Morgan fingerprint density at radius 3 is 2.38 bits per heavy atom. The highest BCUT2D eigenvalue weighted by atomic mass is 32.2. The molecule has 2 aliphatic rings. The van der Waals surface area contributed by atoms with Crippen LogP contribution in [0.3, 0.4) is 0 Å². The molecule has 0 aromatic rings. The van der Waals surface area contributed by atoms with Gasteiger partial charge in [0.1, 0.15) is 0 Å². The molecule has 2 rings (SSSR count). The zero-order chi connectivity index (χ0) is 15.5. The van der Waals surface area contributed by atoms with E-state index < -0.39 is 20.8 Å². The Hall–Kier alpha value is -0.860. The molecule has 0 aromatic carbocycles. The van der Waals surface area contributed by atoms with E-state index in [0.29, 0.717) is 44.8 Å². The fourth-order valence-corrected chi connectivity index (χ4v) is 4.94. The largest absolute Gasteiger partial charge is 0.409 e. The summed E-state index contributed by atoms with van der Waals surface area (Å²) in [4.78, 5) is 0. The molecule has 1 saturated carbocycles. The van der Waals surface area contributed by atoms with Gasteiger partial charge in [0.2, 0.25) is 10.0 Å². The Bertz CT molecular complexity index is 478. The third-order valence-electron chi connectivity index (χ3n) is 4.67. The standard InChI is InChI=1S/C13H25N3O4S/c1-10-2-6-13(7-3-10,12(14)15-17)16-21(18,19)11-4-8-20-9-5-11/h10-11,16-17H,2-9H2,1H3,(H2,14,15). The van der Waals surface area contributed by atoms with E-state index in [1.807, 2.05) is 0 Å². The quantitative estimate of drug-likeness (QED) is 0.307. The molecule has 0 radical (unpaired) electrons. The average molecular weight is 319 g/mol. The number of nitrogens with one attached hydrogen (secondary N) is 1. The summed E-state index contributed by atoms with van der Waals surface area (Å²) in [6.45, 7) is 3.04. The molecule has 122 valence electrons. The Kier molecular flexibility index (Phi) is 5.11. The van der Waals surface area contributed by atoms with Crippen LogP contribution in [0.5, 0.6) is 0 Å². The monoisotopic (exact) mass is 319 g/mol. The third kappa shape index (κ3) is 3.67. The second kappa shape index (κ2) is 6.50. The molecule has 0 spiro atoms. The molecule has 1 heterocycles. The van der Waals surface area contributed by atoms with E-state index in [9.17, 15) is 8.42 Å². The minimum atomic E-state index is -3.52. The zero-order valence-corrected chi connectivity index (χ0v) is 13.2. The van der Waals surface area contributed by atoms with E-state index in [4.69, 9.17) is 15.7 Å². The lowest BCUT2D eigenvalue weighted by molar-refractivity contribution is 0.0979. The molecular weight excluding hydrogens is 294 g/mol. The number of hydrogen-bond donors (Lipinski definition) is 3. The Balaban J connectivity index is 2.18. The Labute approximate surface area is 126 Å². The van der Waals surface area contributed by atoms with E-state index in [-0.39, 0.29) is 5.84 Å². The van der Waals surface area contributed by atoms with Crippen molar-refractivity contribution in [3.63, 3.8) is 0 Å². The lowest BCUT2D eigenvalue weighted by atomic mass is 9.77. The van der Waals surface area contributed by atoms with E-state index in [1.54, 1.807) is 0 Å². The van der Waals surface area contributed by atoms with Gasteiger partial charge in [0.15, 0.2) is 5.84 Å². The number of sulfonamides is 1. The summed E-state index contributed by atoms with van der Waals surface area (Å²) in [5.41, 5.74) is 4.87. The van der Waals surface area contributed by atoms with Crippen LogP contribution >= 0.6 is 0 Å². The van der Waals surface area contributed by atoms with E-state index >= 15 is 0 Å². The summed E-state index contributed by atoms with van der Waals surface area (Å²) < 4.78 is 33.2. The molecule has 0 atom stereocenters. The summed E-state index contributed by atoms with van der Waals surface area (Å²) in [5, 5.41) is 11.7. The first-order chi connectivity index (χ1) is 9.89. The normalized spacial score (nSPS) is 33.0. The van der Waals surface area contributed by atoms with Crippen molar-refractivity contribution in [1.29, 1.82) is 0 Å². The molecule has 1 aliphatic heterocycles. The van der Waals surface area contributed by atoms with E-state index in [0.717, 1.165) is 12.8 Å². The minimum Gasteiger partial charge on any atom is -0.409 e. The number of nitrogens with two attached hydrogens (primary N) is 1. The number of rotatable bonds is 4. The van der Waals surface area contributed by atoms with Crippen molar-refractivity contribution >= 4 is 15.9 Å². The molecule has 0 amide bonds. The lowest BCUT2D eigenvalue weighted by Gasteiger charge is -2.39. The number of hydrogen-bond acceptors (Lipinski definition) is 5. The summed E-state index contributed by atoms with van der Waals surface area (Å²) >= 11 is 0. The molecule has 1 aliphatic carbocycles. The van der Waals surface area contributed by atoms with Gasteiger partial charge in [-0.2, -0.15) is 0 Å². The van der Waals surface area contributed by atoms with Crippen LogP contribution in [0, 0.1) is 5.92 Å². The number of ether oxygens (including phenoxy) is 1. The SMILES string of the molecule is CC1CCC(NS(=O)(=O)C2CCOCC2)(C(N)=NO)CC1. The first-order valence-corrected chi connectivity index (χ1v) is 9.03. The van der Waals surface area contributed by atoms with Crippen molar-refractivity contribution in [3.05, 3.63) is 0 Å². The summed E-state index contributed by atoms with van der Waals surface area (Å²) in [6.07, 6.45) is 3.80. The Morgan fingerprint density at radius 2 is 1.86 bits per heavy atom. The van der Waals surface area contributed by atoms with Crippen molar-refractivity contribution < 1.29 is 18.4 Å². The van der Waals surface area contributed by atoms with Gasteiger partial charge in [-0.15, -0.1) is 0 Å². The molecule has 0 bridgehead atoms. The molecule has 4 N–H and O–H groups in total. The molecule has 0 unspecified atom stereocenters. The Morgan fingerprint density at radius 1 is 1.29 bits per heavy atom. The number of oxime groups is 1. The van der Waals surface area contributed by atoms with Gasteiger partial charge >= 0.3 is 0 Å². The van der Waals surface area contributed by atoms with Crippen LogP contribution in [0.4, 0.5) is 0 Å². The smallest absolute Gasteiger partial charge is 0.215 e. The topological polar surface area (TPSA) is 114 Å². The van der Waals surface area contributed by atoms with Crippen molar-refractivity contribution in [2.45, 2.75) is 56.2 Å². The van der Waals surface area contributed by atoms with Crippen molar-refractivity contribution in [2.24, 2.45) is 16.8 Å². The van der Waals surface area contributed by atoms with Gasteiger partial charge in [-0.1, -0.05) is 12.1 Å². The van der Waals surface area contributed by atoms with Crippen LogP contribution in [-0.4, -0.2) is 43.5 Å². The maximum Gasteiger partial charge on any atom is 0.215 e. The molecule has 1 saturated heterocycles. The molecule has 0 aromatic heterocycles. The van der Waals surface area contributed by atoms with Crippen LogP contribution in [0.1, 0.15) is 45.4 Å². The van der Waals surface area contributed by atoms with Crippen molar-refractivity contribution in [3.8, 4) is 0 Å². The molecule has 2 fully saturated rings. The number of nitrogens with zero attached hydrogens (tertiary/aromatic N) is 1. The van der Waals surface area contributed by atoms with Crippen LogP contribution in [0.25, 0.3) is 0 Å². The number of amidine groups is 1. The lowest BCUT2D eigenvalue weighted by Crippen LogP contribution is -2.60. The maximum atomic E-state index is 12.6. The van der Waals surface area contributed by atoms with Gasteiger partial charge < -0.3 is 15.7 Å². The highest BCUT2D eigenvalue weighted by molar-refractivity contribution is 7.90. The molecule has 7 nitrogen and oxygen atoms in total. The summed E-state index contributed by atoms with van der Waals surface area (Å²) in [6, 6.07) is 0. The summed E-state index contributed by atoms with van der Waals surface area (Å²) in [5.74, 6) is 0.488. The van der Waals surface area contributed by atoms with Crippen molar-refractivity contribution in [1.82, 2.24) is 4.72 Å². The molecule has 21 heavy (non-hydrogen) atoms. The second-order valence-electron chi connectivity index (χ2n) is 6.21. The predicted molar refractivity (Wildman–Crippen MR) is 79.7 cm³/mol. The van der Waals surface area contributed by atoms with E-state index in [1.165, 1.54) is 0 Å². The van der Waals surface area contributed by atoms with Crippen LogP contribution in [0.2, 0.25) is 0 Å². The molecular formula is C13H25N3O4S. The van der Waals surface area contributed by atoms with Gasteiger partial charge in [0, 0.05) is 13.2 Å². The van der Waals surface area contributed by atoms with Gasteiger partial charge in [0.05, 0.1) is 10.8 Å². The van der Waals surface area contributed by atoms with Gasteiger partial charge in [-0.3, -0.25) is 0 Å². The third-order valence-corrected chi connectivity index (χ3v) is 6.69. The van der Waals surface area contributed by atoms with Crippen molar-refractivity contribution in [2.75, 3.05) is 13.2 Å². The van der Waals surface area contributed by atoms with Crippen LogP contribution in [0.15, 0.2) is 5.16 Å². The molecule has 8 heteroatoms. The van der Waals surface area contributed by atoms with Gasteiger partial charge in [0.25, 0.3) is 0 Å².